The fourth-order valence-electron chi connectivity index (χ4n) is 3.83. The first kappa shape index (κ1) is 19.2. The molecule has 8 nitrogen and oxygen atoms in total. The third-order valence-corrected chi connectivity index (χ3v) is 5.34. The molecule has 0 aliphatic carbocycles. The molecule has 0 radical (unpaired) electrons. The Bertz CT molecular complexity index is 1060. The highest BCUT2D eigenvalue weighted by atomic mass is 16.5. The Labute approximate surface area is 169 Å². The molecular weight excluding hydrogens is 368 g/mol. The molecule has 152 valence electrons. The SMILES string of the molecule is Cc1cc(-n2c(C)cc(/C=C/C(=O)NCc3nnc4n3CCCCC4)c2C)no1. The largest absolute Gasteiger partial charge is 0.360 e. The van der Waals surface area contributed by atoms with Gasteiger partial charge >= 0.3 is 0 Å². The number of hydrogen-bond donors (Lipinski definition) is 1. The summed E-state index contributed by atoms with van der Waals surface area (Å²) in [7, 11) is 0. The second kappa shape index (κ2) is 8.06. The average molecular weight is 394 g/mol. The first-order chi connectivity index (χ1) is 14.0. The van der Waals surface area contributed by atoms with Gasteiger partial charge in [0.25, 0.3) is 0 Å². The molecule has 29 heavy (non-hydrogen) atoms. The lowest BCUT2D eigenvalue weighted by molar-refractivity contribution is -0.116. The van der Waals surface area contributed by atoms with Gasteiger partial charge in [-0.25, -0.2) is 0 Å². The number of hydrogen-bond acceptors (Lipinski definition) is 5. The van der Waals surface area contributed by atoms with Gasteiger partial charge in [-0.1, -0.05) is 11.6 Å². The second-order valence-electron chi connectivity index (χ2n) is 7.50. The molecule has 1 aliphatic heterocycles. The molecule has 4 heterocycles. The first-order valence-electron chi connectivity index (χ1n) is 10.0. The van der Waals surface area contributed by atoms with E-state index in [-0.39, 0.29) is 5.91 Å². The van der Waals surface area contributed by atoms with Crippen LogP contribution in [-0.4, -0.2) is 30.4 Å². The maximum Gasteiger partial charge on any atom is 0.244 e. The molecule has 0 saturated carbocycles. The molecule has 0 bridgehead atoms. The third kappa shape index (κ3) is 4.01. The van der Waals surface area contributed by atoms with Crippen molar-refractivity contribution < 1.29 is 9.32 Å². The first-order valence-corrected chi connectivity index (χ1v) is 10.0. The van der Waals surface area contributed by atoms with E-state index in [0.717, 1.165) is 66.0 Å². The van der Waals surface area contributed by atoms with Crippen molar-refractivity contribution in [2.24, 2.45) is 0 Å². The Balaban J connectivity index is 1.42. The van der Waals surface area contributed by atoms with Crippen LogP contribution in [0, 0.1) is 20.8 Å². The fourth-order valence-corrected chi connectivity index (χ4v) is 3.83. The van der Waals surface area contributed by atoms with Crippen LogP contribution in [0.3, 0.4) is 0 Å². The van der Waals surface area contributed by atoms with Gasteiger partial charge in [0.05, 0.1) is 6.54 Å². The molecule has 0 unspecified atom stereocenters. The van der Waals surface area contributed by atoms with Crippen LogP contribution in [0.2, 0.25) is 0 Å². The number of nitrogens with zero attached hydrogens (tertiary/aromatic N) is 5. The minimum Gasteiger partial charge on any atom is -0.360 e. The summed E-state index contributed by atoms with van der Waals surface area (Å²) in [6.07, 6.45) is 7.84. The van der Waals surface area contributed by atoms with Gasteiger partial charge in [0.2, 0.25) is 5.91 Å². The Morgan fingerprint density at radius 2 is 2.07 bits per heavy atom. The number of rotatable bonds is 5. The number of aromatic nitrogens is 5. The molecule has 1 aliphatic rings. The summed E-state index contributed by atoms with van der Waals surface area (Å²) in [5.41, 5.74) is 3.00. The zero-order chi connectivity index (χ0) is 20.4. The molecule has 0 aromatic carbocycles. The van der Waals surface area contributed by atoms with E-state index in [4.69, 9.17) is 4.52 Å². The smallest absolute Gasteiger partial charge is 0.244 e. The molecule has 4 rings (SSSR count). The number of aryl methyl sites for hydroxylation is 3. The van der Waals surface area contributed by atoms with Gasteiger partial charge in [0.15, 0.2) is 11.6 Å². The molecule has 0 fully saturated rings. The summed E-state index contributed by atoms with van der Waals surface area (Å²) in [6, 6.07) is 3.92. The Kier molecular flexibility index (Phi) is 5.33. The number of nitrogens with one attached hydrogen (secondary N) is 1. The minimum absolute atomic E-state index is 0.155. The maximum absolute atomic E-state index is 12.3. The number of amides is 1. The van der Waals surface area contributed by atoms with E-state index in [0.29, 0.717) is 6.54 Å². The molecule has 0 atom stereocenters. The summed E-state index contributed by atoms with van der Waals surface area (Å²) in [5, 5.41) is 15.5. The van der Waals surface area contributed by atoms with Crippen molar-refractivity contribution in [1.82, 2.24) is 29.8 Å². The van der Waals surface area contributed by atoms with Gasteiger partial charge in [0.1, 0.15) is 11.6 Å². The molecule has 0 spiro atoms. The highest BCUT2D eigenvalue weighted by Crippen LogP contribution is 2.21. The monoisotopic (exact) mass is 394 g/mol. The lowest BCUT2D eigenvalue weighted by Gasteiger charge is -2.07. The van der Waals surface area contributed by atoms with Crippen molar-refractivity contribution in [2.45, 2.75) is 59.5 Å². The normalized spacial score (nSPS) is 14.2. The highest BCUT2D eigenvalue weighted by molar-refractivity contribution is 5.91. The Morgan fingerprint density at radius 3 is 2.86 bits per heavy atom. The van der Waals surface area contributed by atoms with Crippen LogP contribution >= 0.6 is 0 Å². The van der Waals surface area contributed by atoms with Crippen LogP contribution in [0.1, 0.15) is 53.6 Å². The number of carbonyl (C=O) groups is 1. The van der Waals surface area contributed by atoms with E-state index in [1.807, 2.05) is 43.5 Å². The Morgan fingerprint density at radius 1 is 1.21 bits per heavy atom. The van der Waals surface area contributed by atoms with Crippen molar-refractivity contribution in [3.8, 4) is 5.82 Å². The summed E-state index contributed by atoms with van der Waals surface area (Å²) in [4.78, 5) is 12.3. The minimum atomic E-state index is -0.155. The van der Waals surface area contributed by atoms with Crippen molar-refractivity contribution in [2.75, 3.05) is 0 Å². The predicted octanol–water partition coefficient (Wildman–Crippen LogP) is 3.04. The highest BCUT2D eigenvalue weighted by Gasteiger charge is 2.15. The lowest BCUT2D eigenvalue weighted by Crippen LogP contribution is -2.23. The molecule has 3 aromatic heterocycles. The zero-order valence-corrected chi connectivity index (χ0v) is 17.1. The van der Waals surface area contributed by atoms with E-state index in [1.165, 1.54) is 6.42 Å². The molecule has 8 heteroatoms. The van der Waals surface area contributed by atoms with Crippen LogP contribution in [0.15, 0.2) is 22.7 Å². The predicted molar refractivity (Wildman–Crippen MR) is 108 cm³/mol. The zero-order valence-electron chi connectivity index (χ0n) is 17.1. The van der Waals surface area contributed by atoms with E-state index >= 15 is 0 Å². The van der Waals surface area contributed by atoms with Crippen LogP contribution < -0.4 is 5.32 Å². The topological polar surface area (TPSA) is 90.8 Å². The van der Waals surface area contributed by atoms with Gasteiger partial charge < -0.3 is 14.4 Å². The van der Waals surface area contributed by atoms with Crippen molar-refractivity contribution in [3.05, 3.63) is 52.6 Å². The lowest BCUT2D eigenvalue weighted by atomic mass is 10.2. The molecule has 0 saturated heterocycles. The van der Waals surface area contributed by atoms with Crippen molar-refractivity contribution >= 4 is 12.0 Å². The van der Waals surface area contributed by atoms with E-state index < -0.39 is 0 Å². The van der Waals surface area contributed by atoms with Gasteiger partial charge in [-0.05, 0) is 51.3 Å². The second-order valence-corrected chi connectivity index (χ2v) is 7.50. The van der Waals surface area contributed by atoms with Crippen molar-refractivity contribution in [3.63, 3.8) is 0 Å². The maximum atomic E-state index is 12.3. The van der Waals surface area contributed by atoms with E-state index in [2.05, 4.69) is 25.2 Å². The summed E-state index contributed by atoms with van der Waals surface area (Å²) in [6.45, 7) is 7.18. The van der Waals surface area contributed by atoms with Crippen molar-refractivity contribution in [1.29, 1.82) is 0 Å². The standard InChI is InChI=1S/C21H26N6O2/c1-14-11-17(16(3)27(14)19-12-15(2)29-25-19)8-9-21(28)22-13-20-24-23-18-7-5-4-6-10-26(18)20/h8-9,11-12H,4-7,10,13H2,1-3H3,(H,22,28)/b9-8+. The van der Waals surface area contributed by atoms with Crippen LogP contribution in [0.25, 0.3) is 11.9 Å². The van der Waals surface area contributed by atoms with Gasteiger partial charge in [-0.2, -0.15) is 0 Å². The van der Waals surface area contributed by atoms with E-state index in [1.54, 1.807) is 6.08 Å². The summed E-state index contributed by atoms with van der Waals surface area (Å²) >= 11 is 0. The van der Waals surface area contributed by atoms with E-state index in [9.17, 15) is 4.79 Å². The van der Waals surface area contributed by atoms with Crippen LogP contribution in [-0.2, 0) is 24.3 Å². The van der Waals surface area contributed by atoms with Gasteiger partial charge in [-0.15, -0.1) is 10.2 Å². The van der Waals surface area contributed by atoms with Crippen LogP contribution in [0.5, 0.6) is 0 Å². The third-order valence-electron chi connectivity index (χ3n) is 5.34. The quantitative estimate of drug-likeness (QED) is 0.672. The van der Waals surface area contributed by atoms with Gasteiger partial charge in [0, 0.05) is 36.5 Å². The number of carbonyl (C=O) groups excluding carboxylic acids is 1. The summed E-state index contributed by atoms with van der Waals surface area (Å²) < 4.78 is 9.34. The molecular formula is C21H26N6O2. The molecule has 1 N–H and O–H groups in total. The van der Waals surface area contributed by atoms with Gasteiger partial charge in [-0.3, -0.25) is 9.36 Å². The number of fused-ring (bicyclic) bond motifs is 1. The Hall–Kier alpha value is -3.16. The molecule has 3 aromatic rings. The molecule has 1 amide bonds. The average Bonchev–Trinajstić information content (AvgIpc) is 3.30. The van der Waals surface area contributed by atoms with Crippen LogP contribution in [0.4, 0.5) is 0 Å². The fraction of sp³-hybridized carbons (Fsp3) is 0.429. The summed E-state index contributed by atoms with van der Waals surface area (Å²) in [5.74, 6) is 3.20.